The van der Waals surface area contributed by atoms with Gasteiger partial charge in [0.1, 0.15) is 17.3 Å². The molecule has 0 aliphatic rings. The molecule has 134 valence electrons. The Labute approximate surface area is 160 Å². The van der Waals surface area contributed by atoms with E-state index in [2.05, 4.69) is 41.4 Å². The molecule has 0 fully saturated rings. The van der Waals surface area contributed by atoms with Crippen LogP contribution >= 0.6 is 24.0 Å². The second kappa shape index (κ2) is 8.55. The molecule has 2 aromatic rings. The minimum Gasteiger partial charge on any atom is -0.466 e. The lowest BCUT2D eigenvalue weighted by atomic mass is 9.94. The normalized spacial score (nSPS) is 12.0. The Morgan fingerprint density at radius 1 is 1.17 bits per heavy atom. The molecule has 0 aromatic carbocycles. The van der Waals surface area contributed by atoms with Crippen LogP contribution in [0.4, 0.5) is 0 Å². The van der Waals surface area contributed by atoms with Crippen LogP contribution in [0.1, 0.15) is 49.5 Å². The molecule has 0 amide bonds. The molecule has 0 saturated heterocycles. The minimum atomic E-state index is -0.0398. The lowest BCUT2D eigenvalue weighted by Gasteiger charge is -2.13. The number of nitrogens with zero attached hydrogens (tertiary/aromatic N) is 2. The Bertz CT molecular complexity index is 683. The second-order valence-electron chi connectivity index (χ2n) is 6.59. The molecular weight excluding hydrogens is 419 g/mol. The minimum absolute atomic E-state index is 0. The van der Waals surface area contributed by atoms with Gasteiger partial charge in [-0.15, -0.1) is 24.0 Å². The van der Waals surface area contributed by atoms with Gasteiger partial charge in [0.25, 0.3) is 0 Å². The highest BCUT2D eigenvalue weighted by molar-refractivity contribution is 14.0. The number of hydrogen-bond donors (Lipinski definition) is 2. The highest BCUT2D eigenvalue weighted by atomic mass is 127. The van der Waals surface area contributed by atoms with E-state index in [-0.39, 0.29) is 29.4 Å². The molecule has 2 N–H and O–H groups in total. The van der Waals surface area contributed by atoms with Gasteiger partial charge < -0.3 is 19.5 Å². The van der Waals surface area contributed by atoms with Crippen molar-refractivity contribution in [3.8, 4) is 0 Å². The fraction of sp³-hybridized carbons (Fsp3) is 0.529. The van der Waals surface area contributed by atoms with Gasteiger partial charge in [-0.1, -0.05) is 20.8 Å². The molecule has 2 aromatic heterocycles. The lowest BCUT2D eigenvalue weighted by molar-refractivity contribution is 0.379. The third-order valence-corrected chi connectivity index (χ3v) is 3.51. The summed E-state index contributed by atoms with van der Waals surface area (Å²) < 4.78 is 11.3. The van der Waals surface area contributed by atoms with Gasteiger partial charge in [-0.2, -0.15) is 0 Å². The summed E-state index contributed by atoms with van der Waals surface area (Å²) in [4.78, 5) is 8.50. The Kier molecular flexibility index (Phi) is 7.31. The molecule has 0 aliphatic carbocycles. The first kappa shape index (κ1) is 20.5. The molecule has 24 heavy (non-hydrogen) atoms. The number of aromatic nitrogens is 1. The van der Waals surface area contributed by atoms with E-state index < -0.39 is 0 Å². The Morgan fingerprint density at radius 2 is 1.83 bits per heavy atom. The van der Waals surface area contributed by atoms with E-state index >= 15 is 0 Å². The maximum absolute atomic E-state index is 5.76. The Hall–Kier alpha value is -1.51. The van der Waals surface area contributed by atoms with Gasteiger partial charge in [-0.05, 0) is 19.9 Å². The fourth-order valence-corrected chi connectivity index (χ4v) is 2.16. The standard InChI is InChI=1S/C17H26N4O2.HI/c1-11-7-13(12(2)22-11)8-20-16(18-6)21-10-15-19-9-14(23-15)17(3,4)5;/h7,9H,8,10H2,1-6H3,(H2,18,20,21);1H. The summed E-state index contributed by atoms with van der Waals surface area (Å²) in [5.74, 6) is 4.05. The summed E-state index contributed by atoms with van der Waals surface area (Å²) in [6.07, 6.45) is 1.78. The first-order valence-corrected chi connectivity index (χ1v) is 7.75. The van der Waals surface area contributed by atoms with Crippen molar-refractivity contribution in [3.05, 3.63) is 41.0 Å². The Balaban J connectivity index is 0.00000288. The van der Waals surface area contributed by atoms with Gasteiger partial charge in [0, 0.05) is 24.6 Å². The average Bonchev–Trinajstić information content (AvgIpc) is 3.05. The summed E-state index contributed by atoms with van der Waals surface area (Å²) in [7, 11) is 1.74. The van der Waals surface area contributed by atoms with Crippen LogP contribution < -0.4 is 10.6 Å². The van der Waals surface area contributed by atoms with Gasteiger partial charge in [0.05, 0.1) is 12.7 Å². The predicted octanol–water partition coefficient (Wildman–Crippen LogP) is 3.67. The van der Waals surface area contributed by atoms with Crippen LogP contribution in [0.3, 0.4) is 0 Å². The van der Waals surface area contributed by atoms with Crippen LogP contribution in [0, 0.1) is 13.8 Å². The molecule has 0 bridgehead atoms. The number of nitrogens with one attached hydrogen (secondary N) is 2. The van der Waals surface area contributed by atoms with Crippen molar-refractivity contribution in [3.63, 3.8) is 0 Å². The van der Waals surface area contributed by atoms with E-state index in [1.165, 1.54) is 0 Å². The van der Waals surface area contributed by atoms with E-state index in [9.17, 15) is 0 Å². The van der Waals surface area contributed by atoms with Crippen molar-refractivity contribution in [2.75, 3.05) is 7.05 Å². The summed E-state index contributed by atoms with van der Waals surface area (Å²) in [5.41, 5.74) is 1.08. The van der Waals surface area contributed by atoms with Crippen molar-refractivity contribution in [1.29, 1.82) is 0 Å². The van der Waals surface area contributed by atoms with Gasteiger partial charge in [-0.25, -0.2) is 4.98 Å². The highest BCUT2D eigenvalue weighted by Crippen LogP contribution is 2.22. The fourth-order valence-electron chi connectivity index (χ4n) is 2.16. The number of hydrogen-bond acceptors (Lipinski definition) is 4. The van der Waals surface area contributed by atoms with E-state index in [1.54, 1.807) is 13.2 Å². The number of guanidine groups is 1. The van der Waals surface area contributed by atoms with Crippen LogP contribution in [-0.4, -0.2) is 18.0 Å². The summed E-state index contributed by atoms with van der Waals surface area (Å²) >= 11 is 0. The van der Waals surface area contributed by atoms with Gasteiger partial charge in [0.15, 0.2) is 5.96 Å². The Morgan fingerprint density at radius 3 is 2.33 bits per heavy atom. The molecule has 2 heterocycles. The van der Waals surface area contributed by atoms with Crippen molar-refractivity contribution < 1.29 is 8.83 Å². The molecule has 0 aliphatic heterocycles. The van der Waals surface area contributed by atoms with E-state index in [0.29, 0.717) is 24.9 Å². The topological polar surface area (TPSA) is 75.6 Å². The van der Waals surface area contributed by atoms with Crippen LogP contribution in [0.5, 0.6) is 0 Å². The molecule has 6 nitrogen and oxygen atoms in total. The maximum atomic E-state index is 5.76. The van der Waals surface area contributed by atoms with Crippen LogP contribution in [0.25, 0.3) is 0 Å². The van der Waals surface area contributed by atoms with E-state index in [0.717, 1.165) is 22.8 Å². The molecule has 0 saturated carbocycles. The van der Waals surface area contributed by atoms with E-state index in [1.807, 2.05) is 19.9 Å². The third kappa shape index (κ3) is 5.54. The van der Waals surface area contributed by atoms with Crippen molar-refractivity contribution in [1.82, 2.24) is 15.6 Å². The number of furan rings is 1. The molecule has 0 radical (unpaired) electrons. The zero-order chi connectivity index (χ0) is 17.0. The molecule has 0 spiro atoms. The largest absolute Gasteiger partial charge is 0.466 e. The number of aryl methyl sites for hydroxylation is 2. The van der Waals surface area contributed by atoms with Gasteiger partial charge in [0.2, 0.25) is 5.89 Å². The number of halogens is 1. The van der Waals surface area contributed by atoms with Crippen molar-refractivity contribution in [2.24, 2.45) is 4.99 Å². The quantitative estimate of drug-likeness (QED) is 0.426. The smallest absolute Gasteiger partial charge is 0.213 e. The number of oxazole rings is 1. The van der Waals surface area contributed by atoms with Crippen LogP contribution in [-0.2, 0) is 18.5 Å². The van der Waals surface area contributed by atoms with Crippen molar-refractivity contribution in [2.45, 2.75) is 53.1 Å². The molecular formula is C17H27IN4O2. The second-order valence-corrected chi connectivity index (χ2v) is 6.59. The van der Waals surface area contributed by atoms with Crippen LogP contribution in [0.15, 0.2) is 26.1 Å². The summed E-state index contributed by atoms with van der Waals surface area (Å²) in [5, 5.41) is 6.46. The number of rotatable bonds is 4. The van der Waals surface area contributed by atoms with Gasteiger partial charge >= 0.3 is 0 Å². The predicted molar refractivity (Wildman–Crippen MR) is 106 cm³/mol. The van der Waals surface area contributed by atoms with Crippen LogP contribution in [0.2, 0.25) is 0 Å². The first-order valence-electron chi connectivity index (χ1n) is 7.75. The lowest BCUT2D eigenvalue weighted by Crippen LogP contribution is -2.36. The zero-order valence-electron chi connectivity index (χ0n) is 15.2. The van der Waals surface area contributed by atoms with Crippen molar-refractivity contribution >= 4 is 29.9 Å². The average molecular weight is 446 g/mol. The molecule has 0 atom stereocenters. The molecule has 0 unspecified atom stereocenters. The zero-order valence-corrected chi connectivity index (χ0v) is 17.5. The SMILES string of the molecule is CN=C(NCc1ncc(C(C)(C)C)o1)NCc1cc(C)oc1C.I. The highest BCUT2D eigenvalue weighted by Gasteiger charge is 2.19. The van der Waals surface area contributed by atoms with E-state index in [4.69, 9.17) is 8.83 Å². The molecule has 2 rings (SSSR count). The first-order chi connectivity index (χ1) is 10.8. The summed E-state index contributed by atoms with van der Waals surface area (Å²) in [6, 6.07) is 2.03. The summed E-state index contributed by atoms with van der Waals surface area (Å²) in [6.45, 7) is 11.3. The van der Waals surface area contributed by atoms with Gasteiger partial charge in [-0.3, -0.25) is 4.99 Å². The molecule has 7 heteroatoms. The maximum Gasteiger partial charge on any atom is 0.213 e. The monoisotopic (exact) mass is 446 g/mol. The number of aliphatic imine (C=N–C) groups is 1. The third-order valence-electron chi connectivity index (χ3n) is 3.51.